The first-order chi connectivity index (χ1) is 11.2. The predicted octanol–water partition coefficient (Wildman–Crippen LogP) is 2.40. The van der Waals surface area contributed by atoms with Crippen molar-refractivity contribution in [3.63, 3.8) is 0 Å². The van der Waals surface area contributed by atoms with Gasteiger partial charge in [-0.1, -0.05) is 0 Å². The molecule has 1 aromatic heterocycles. The van der Waals surface area contributed by atoms with Crippen LogP contribution in [0.5, 0.6) is 0 Å². The Hall–Kier alpha value is -1.32. The second kappa shape index (κ2) is 9.24. The third-order valence-corrected chi connectivity index (χ3v) is 3.49. The zero-order chi connectivity index (χ0) is 16.1. The molecular formula is C19H17FeN3O+2. The molecule has 2 fully saturated rings. The monoisotopic (exact) mass is 359 g/mol. The maximum Gasteiger partial charge on any atom is 2.00 e. The molecule has 4 rings (SSSR count). The molecule has 0 bridgehead atoms. The van der Waals surface area contributed by atoms with Crippen molar-refractivity contribution in [2.45, 2.75) is 6.54 Å². The van der Waals surface area contributed by atoms with Gasteiger partial charge in [0.2, 0.25) is 0 Å². The second-order valence-corrected chi connectivity index (χ2v) is 5.21. The van der Waals surface area contributed by atoms with Gasteiger partial charge in [-0.15, -0.1) is 0 Å². The fourth-order valence-electron chi connectivity index (χ4n) is 2.32. The summed E-state index contributed by atoms with van der Waals surface area (Å²) in [5, 5.41) is 0.596. The Morgan fingerprint density at radius 3 is 2.21 bits per heavy atom. The first-order valence-electron chi connectivity index (χ1n) is 7.36. The van der Waals surface area contributed by atoms with Gasteiger partial charge in [0.05, 0.1) is 17.2 Å². The fourth-order valence-corrected chi connectivity index (χ4v) is 2.32. The van der Waals surface area contributed by atoms with Gasteiger partial charge in [-0.25, -0.2) is 4.98 Å². The van der Waals surface area contributed by atoms with Crippen molar-refractivity contribution in [3.8, 4) is 0 Å². The molecule has 1 aromatic carbocycles. The minimum atomic E-state index is -0.0406. The quantitative estimate of drug-likeness (QED) is 0.662. The molecule has 10 radical (unpaired) electrons. The zero-order valence-electron chi connectivity index (χ0n) is 12.9. The number of nitrogens with two attached hydrogens (primary N) is 1. The van der Waals surface area contributed by atoms with Crippen molar-refractivity contribution >= 4 is 16.6 Å². The van der Waals surface area contributed by atoms with Crippen LogP contribution in [0.3, 0.4) is 0 Å². The van der Waals surface area contributed by atoms with E-state index < -0.39 is 0 Å². The van der Waals surface area contributed by atoms with Gasteiger partial charge in [0.15, 0.2) is 0 Å². The van der Waals surface area contributed by atoms with Crippen molar-refractivity contribution in [3.05, 3.63) is 98.6 Å². The molecule has 0 atom stereocenters. The molecule has 5 heteroatoms. The molecule has 2 aliphatic carbocycles. The SMILES string of the molecule is Nc1ccc2c(=O)n(C[C]3[CH][CH][CH][CH]3)cnc2c1.[CH]1[CH][CH][CH][CH]1.[Fe+2]. The van der Waals surface area contributed by atoms with Crippen LogP contribution < -0.4 is 11.3 Å². The van der Waals surface area contributed by atoms with Crippen LogP contribution in [0.2, 0.25) is 0 Å². The number of nitrogen functional groups attached to an aromatic ring is 1. The molecule has 120 valence electrons. The molecule has 0 saturated heterocycles. The van der Waals surface area contributed by atoms with E-state index in [1.165, 1.54) is 0 Å². The van der Waals surface area contributed by atoms with Crippen molar-refractivity contribution in [2.24, 2.45) is 0 Å². The van der Waals surface area contributed by atoms with Crippen molar-refractivity contribution in [1.82, 2.24) is 9.55 Å². The number of fused-ring (bicyclic) bond motifs is 1. The van der Waals surface area contributed by atoms with Gasteiger partial charge in [-0.3, -0.25) is 9.36 Å². The Morgan fingerprint density at radius 1 is 0.958 bits per heavy atom. The Morgan fingerprint density at radius 2 is 1.58 bits per heavy atom. The Kier molecular flexibility index (Phi) is 7.32. The van der Waals surface area contributed by atoms with E-state index in [9.17, 15) is 4.79 Å². The standard InChI is InChI=1S/C14H12N3O.C5H5.Fe/c15-11-5-6-12-13(7-11)16-9-17(14(12)18)8-10-3-1-2-4-10;1-2-4-5-3-1;/h1-7,9H,8,15H2;1-5H;/q;;+2. The number of rotatable bonds is 2. The molecule has 0 aliphatic heterocycles. The first kappa shape index (κ1) is 19.0. The maximum atomic E-state index is 12.2. The third kappa shape index (κ3) is 4.84. The molecule has 4 nitrogen and oxygen atoms in total. The van der Waals surface area contributed by atoms with E-state index in [-0.39, 0.29) is 22.6 Å². The molecule has 2 aliphatic rings. The van der Waals surface area contributed by atoms with Crippen LogP contribution in [0.1, 0.15) is 0 Å². The van der Waals surface area contributed by atoms with E-state index in [4.69, 9.17) is 5.73 Å². The molecule has 2 saturated carbocycles. The summed E-state index contributed by atoms with van der Waals surface area (Å²) in [6.07, 6.45) is 19.4. The number of benzene rings is 1. The van der Waals surface area contributed by atoms with Crippen molar-refractivity contribution < 1.29 is 17.1 Å². The minimum absolute atomic E-state index is 0. The van der Waals surface area contributed by atoms with E-state index in [0.29, 0.717) is 23.1 Å². The van der Waals surface area contributed by atoms with Crippen LogP contribution >= 0.6 is 0 Å². The van der Waals surface area contributed by atoms with Gasteiger partial charge >= 0.3 is 17.1 Å². The molecule has 0 spiro atoms. The van der Waals surface area contributed by atoms with Crippen LogP contribution in [0.25, 0.3) is 10.9 Å². The van der Waals surface area contributed by atoms with Crippen LogP contribution in [-0.2, 0) is 23.6 Å². The number of hydrogen-bond acceptors (Lipinski definition) is 3. The number of aromatic nitrogens is 2. The Bertz CT molecular complexity index is 696. The average molecular weight is 359 g/mol. The van der Waals surface area contributed by atoms with Crippen molar-refractivity contribution in [1.29, 1.82) is 0 Å². The van der Waals surface area contributed by atoms with Gasteiger partial charge < -0.3 is 5.73 Å². The summed E-state index contributed by atoms with van der Waals surface area (Å²) in [6, 6.07) is 5.16. The zero-order valence-corrected chi connectivity index (χ0v) is 14.1. The molecule has 0 amide bonds. The fraction of sp³-hybridized carbons (Fsp3) is 0.0526. The smallest absolute Gasteiger partial charge is 0.399 e. The average Bonchev–Trinajstić information content (AvgIpc) is 3.26. The Balaban J connectivity index is 0.000000300. The molecule has 24 heavy (non-hydrogen) atoms. The topological polar surface area (TPSA) is 60.9 Å². The maximum absolute atomic E-state index is 12.2. The third-order valence-electron chi connectivity index (χ3n) is 3.49. The molecule has 2 N–H and O–H groups in total. The number of hydrogen-bond donors (Lipinski definition) is 1. The van der Waals surface area contributed by atoms with Crippen LogP contribution in [0, 0.1) is 63.7 Å². The van der Waals surface area contributed by atoms with E-state index >= 15 is 0 Å². The van der Waals surface area contributed by atoms with Gasteiger partial charge in [0.25, 0.3) is 5.56 Å². The molecule has 0 unspecified atom stereocenters. The van der Waals surface area contributed by atoms with Crippen molar-refractivity contribution in [2.75, 3.05) is 5.73 Å². The molecular weight excluding hydrogens is 342 g/mol. The van der Waals surface area contributed by atoms with Gasteiger partial charge in [0, 0.05) is 18.2 Å². The first-order valence-corrected chi connectivity index (χ1v) is 7.36. The number of anilines is 1. The summed E-state index contributed by atoms with van der Waals surface area (Å²) in [5.41, 5.74) is 6.88. The van der Waals surface area contributed by atoms with E-state index in [1.54, 1.807) is 29.1 Å². The summed E-state index contributed by atoms with van der Waals surface area (Å²) in [5.74, 6) is 1.09. The Labute approximate surface area is 154 Å². The van der Waals surface area contributed by atoms with E-state index in [2.05, 4.69) is 4.98 Å². The van der Waals surface area contributed by atoms with Gasteiger partial charge in [-0.2, -0.15) is 0 Å². The predicted molar refractivity (Wildman–Crippen MR) is 92.4 cm³/mol. The largest absolute Gasteiger partial charge is 2.00 e. The van der Waals surface area contributed by atoms with E-state index in [1.807, 2.05) is 57.8 Å². The molecule has 1 heterocycles. The van der Waals surface area contributed by atoms with Gasteiger partial charge in [0.1, 0.15) is 0 Å². The number of nitrogens with zero attached hydrogens (tertiary/aromatic N) is 2. The summed E-state index contributed by atoms with van der Waals surface area (Å²) in [6.45, 7) is 0.541. The van der Waals surface area contributed by atoms with Crippen LogP contribution in [0.4, 0.5) is 5.69 Å². The normalized spacial score (nSPS) is 17.3. The summed E-state index contributed by atoms with van der Waals surface area (Å²) >= 11 is 0. The van der Waals surface area contributed by atoms with Gasteiger partial charge in [-0.05, 0) is 76.0 Å². The summed E-state index contributed by atoms with van der Waals surface area (Å²) < 4.78 is 1.61. The summed E-state index contributed by atoms with van der Waals surface area (Å²) in [7, 11) is 0. The van der Waals surface area contributed by atoms with Crippen LogP contribution in [0.15, 0.2) is 29.3 Å². The van der Waals surface area contributed by atoms with Crippen LogP contribution in [-0.4, -0.2) is 9.55 Å². The van der Waals surface area contributed by atoms with E-state index in [0.717, 1.165) is 5.92 Å². The second-order valence-electron chi connectivity index (χ2n) is 5.21. The molecule has 2 aromatic rings. The summed E-state index contributed by atoms with van der Waals surface area (Å²) in [4.78, 5) is 16.5. The minimum Gasteiger partial charge on any atom is -0.399 e.